The number of aromatic nitrogens is 2. The minimum Gasteiger partial charge on any atom is -0.506 e. The third kappa shape index (κ3) is 3.13. The number of aryl methyl sites for hydroxylation is 1. The van der Waals surface area contributed by atoms with E-state index in [0.29, 0.717) is 22.3 Å². The summed E-state index contributed by atoms with van der Waals surface area (Å²) in [5, 5.41) is 14.3. The van der Waals surface area contributed by atoms with Gasteiger partial charge in [-0.05, 0) is 48.9 Å². The molecule has 0 amide bonds. The lowest BCUT2D eigenvalue weighted by molar-refractivity contribution is 0.475. The lowest BCUT2D eigenvalue weighted by atomic mass is 10.2. The number of aromatic hydroxyl groups is 1. The van der Waals surface area contributed by atoms with E-state index in [1.54, 1.807) is 31.2 Å². The van der Waals surface area contributed by atoms with Crippen LogP contribution in [0.2, 0.25) is 5.02 Å². The molecule has 0 saturated heterocycles. The summed E-state index contributed by atoms with van der Waals surface area (Å²) in [7, 11) is 0. The minimum absolute atomic E-state index is 0.00520. The summed E-state index contributed by atoms with van der Waals surface area (Å²) < 4.78 is 2.03. The molecule has 0 aliphatic carbocycles. The molecule has 5 nitrogen and oxygen atoms in total. The fourth-order valence-corrected chi connectivity index (χ4v) is 2.67. The molecular weight excluding hydrogens is 382 g/mol. The Hall–Kier alpha value is -2.18. The molecule has 23 heavy (non-hydrogen) atoms. The van der Waals surface area contributed by atoms with Crippen molar-refractivity contribution in [3.8, 4) is 5.75 Å². The number of fused-ring (bicyclic) bond motifs is 1. The van der Waals surface area contributed by atoms with Crippen LogP contribution in [0.3, 0.4) is 0 Å². The first-order chi connectivity index (χ1) is 11.0. The highest BCUT2D eigenvalue weighted by molar-refractivity contribution is 9.10. The molecular formula is C16H11BrClN3O2. The van der Waals surface area contributed by atoms with Crippen LogP contribution in [0.1, 0.15) is 11.4 Å². The molecule has 0 atom stereocenters. The van der Waals surface area contributed by atoms with Gasteiger partial charge in [0.1, 0.15) is 11.6 Å². The SMILES string of the molecule is Cc1nc2ccc(Br)cc2c(=O)n1N=Cc1ccc(O)c(Cl)c1. The van der Waals surface area contributed by atoms with E-state index in [0.717, 1.165) is 4.47 Å². The molecule has 0 spiro atoms. The summed E-state index contributed by atoms with van der Waals surface area (Å²) in [6.07, 6.45) is 1.49. The first-order valence-electron chi connectivity index (χ1n) is 6.67. The quantitative estimate of drug-likeness (QED) is 0.676. The molecule has 7 heteroatoms. The Balaban J connectivity index is 2.10. The number of hydrogen-bond acceptors (Lipinski definition) is 4. The van der Waals surface area contributed by atoms with Crippen molar-refractivity contribution < 1.29 is 5.11 Å². The fourth-order valence-electron chi connectivity index (χ4n) is 2.12. The van der Waals surface area contributed by atoms with Crippen molar-refractivity contribution in [2.75, 3.05) is 0 Å². The van der Waals surface area contributed by atoms with Crippen LogP contribution in [0.5, 0.6) is 5.75 Å². The molecule has 0 fully saturated rings. The van der Waals surface area contributed by atoms with Gasteiger partial charge in [-0.1, -0.05) is 27.5 Å². The van der Waals surface area contributed by atoms with E-state index >= 15 is 0 Å². The van der Waals surface area contributed by atoms with Crippen molar-refractivity contribution in [2.45, 2.75) is 6.92 Å². The average molecular weight is 393 g/mol. The second kappa shape index (κ2) is 6.14. The second-order valence-electron chi connectivity index (χ2n) is 4.89. The van der Waals surface area contributed by atoms with Crippen LogP contribution in [0.15, 0.2) is 50.8 Å². The van der Waals surface area contributed by atoms with Crippen molar-refractivity contribution in [3.63, 3.8) is 0 Å². The Bertz CT molecular complexity index is 999. The molecule has 2 aromatic carbocycles. The van der Waals surface area contributed by atoms with Gasteiger partial charge >= 0.3 is 0 Å². The number of phenols is 1. The maximum absolute atomic E-state index is 12.6. The van der Waals surface area contributed by atoms with Gasteiger partial charge in [0.05, 0.1) is 22.1 Å². The molecule has 1 aromatic heterocycles. The molecule has 116 valence electrons. The van der Waals surface area contributed by atoms with Gasteiger partial charge in [-0.2, -0.15) is 9.78 Å². The highest BCUT2D eigenvalue weighted by Gasteiger charge is 2.07. The zero-order valence-corrected chi connectivity index (χ0v) is 14.3. The first-order valence-corrected chi connectivity index (χ1v) is 7.84. The monoisotopic (exact) mass is 391 g/mol. The molecule has 3 aromatic rings. The predicted octanol–water partition coefficient (Wildman–Crippen LogP) is 3.71. The second-order valence-corrected chi connectivity index (χ2v) is 6.22. The van der Waals surface area contributed by atoms with Gasteiger partial charge in [0.15, 0.2) is 0 Å². The van der Waals surface area contributed by atoms with E-state index in [1.807, 2.05) is 6.07 Å². The van der Waals surface area contributed by atoms with Crippen LogP contribution in [-0.2, 0) is 0 Å². The third-order valence-electron chi connectivity index (χ3n) is 3.26. The van der Waals surface area contributed by atoms with Crippen molar-refractivity contribution >= 4 is 44.6 Å². The van der Waals surface area contributed by atoms with Crippen LogP contribution < -0.4 is 5.56 Å². The van der Waals surface area contributed by atoms with Gasteiger partial charge in [-0.15, -0.1) is 0 Å². The number of halogens is 2. The minimum atomic E-state index is -0.255. The number of phenolic OH excluding ortho intramolecular Hbond substituents is 1. The van der Waals surface area contributed by atoms with E-state index in [4.69, 9.17) is 11.6 Å². The van der Waals surface area contributed by atoms with Crippen molar-refractivity contribution in [3.05, 3.63) is 67.6 Å². The van der Waals surface area contributed by atoms with E-state index in [2.05, 4.69) is 26.0 Å². The fraction of sp³-hybridized carbons (Fsp3) is 0.0625. The number of rotatable bonds is 2. The summed E-state index contributed by atoms with van der Waals surface area (Å²) in [5.41, 5.74) is 1.03. The van der Waals surface area contributed by atoms with Gasteiger partial charge in [0.2, 0.25) is 0 Å². The Morgan fingerprint density at radius 1 is 1.30 bits per heavy atom. The van der Waals surface area contributed by atoms with Gasteiger partial charge in [-0.25, -0.2) is 4.98 Å². The topological polar surface area (TPSA) is 67.5 Å². The van der Waals surface area contributed by atoms with Crippen molar-refractivity contribution in [2.24, 2.45) is 5.10 Å². The summed E-state index contributed by atoms with van der Waals surface area (Å²) in [4.78, 5) is 16.9. The number of nitrogens with zero attached hydrogens (tertiary/aromatic N) is 3. The smallest absolute Gasteiger partial charge is 0.282 e. The normalized spacial score (nSPS) is 11.4. The Morgan fingerprint density at radius 2 is 2.09 bits per heavy atom. The van der Waals surface area contributed by atoms with Crippen LogP contribution in [0, 0.1) is 6.92 Å². The van der Waals surface area contributed by atoms with Gasteiger partial charge in [0, 0.05) is 4.47 Å². The highest BCUT2D eigenvalue weighted by atomic mass is 79.9. The molecule has 0 unspecified atom stereocenters. The summed E-state index contributed by atoms with van der Waals surface area (Å²) in [5.74, 6) is 0.473. The van der Waals surface area contributed by atoms with Crippen LogP contribution in [0.4, 0.5) is 0 Å². The maximum Gasteiger partial charge on any atom is 0.282 e. The lowest BCUT2D eigenvalue weighted by Gasteiger charge is -2.06. The van der Waals surface area contributed by atoms with Gasteiger partial charge in [-0.3, -0.25) is 4.79 Å². The first kappa shape index (κ1) is 15.7. The Labute approximate surface area is 145 Å². The summed E-state index contributed by atoms with van der Waals surface area (Å²) in [6.45, 7) is 1.71. The van der Waals surface area contributed by atoms with E-state index < -0.39 is 0 Å². The number of hydrogen-bond donors (Lipinski definition) is 1. The molecule has 0 aliphatic rings. The van der Waals surface area contributed by atoms with Crippen LogP contribution in [-0.4, -0.2) is 21.0 Å². The standard InChI is InChI=1S/C16H11BrClN3O2/c1-9-20-14-4-3-11(17)7-12(14)16(23)21(9)19-8-10-2-5-15(22)13(18)6-10/h2-8,22H,1H3. The molecule has 1 N–H and O–H groups in total. The highest BCUT2D eigenvalue weighted by Crippen LogP contribution is 2.22. The molecule has 0 bridgehead atoms. The Morgan fingerprint density at radius 3 is 2.83 bits per heavy atom. The largest absolute Gasteiger partial charge is 0.506 e. The molecule has 0 saturated carbocycles. The molecule has 0 radical (unpaired) electrons. The van der Waals surface area contributed by atoms with E-state index in [-0.39, 0.29) is 16.3 Å². The van der Waals surface area contributed by atoms with E-state index in [1.165, 1.54) is 17.0 Å². The molecule has 1 heterocycles. The van der Waals surface area contributed by atoms with Crippen LogP contribution in [0.25, 0.3) is 10.9 Å². The van der Waals surface area contributed by atoms with Gasteiger partial charge in [0.25, 0.3) is 5.56 Å². The van der Waals surface area contributed by atoms with Crippen LogP contribution >= 0.6 is 27.5 Å². The maximum atomic E-state index is 12.6. The van der Waals surface area contributed by atoms with Gasteiger partial charge < -0.3 is 5.11 Å². The third-order valence-corrected chi connectivity index (χ3v) is 4.06. The lowest BCUT2D eigenvalue weighted by Crippen LogP contribution is -2.20. The molecule has 3 rings (SSSR count). The zero-order valence-electron chi connectivity index (χ0n) is 12.0. The zero-order chi connectivity index (χ0) is 16.6. The summed E-state index contributed by atoms with van der Waals surface area (Å²) >= 11 is 9.20. The molecule has 0 aliphatic heterocycles. The van der Waals surface area contributed by atoms with Crippen molar-refractivity contribution in [1.82, 2.24) is 9.66 Å². The van der Waals surface area contributed by atoms with Crippen molar-refractivity contribution in [1.29, 1.82) is 0 Å². The summed E-state index contributed by atoms with van der Waals surface area (Å²) in [6, 6.07) is 10.0. The number of benzene rings is 2. The predicted molar refractivity (Wildman–Crippen MR) is 94.5 cm³/mol. The average Bonchev–Trinajstić information content (AvgIpc) is 2.51. The van der Waals surface area contributed by atoms with E-state index in [9.17, 15) is 9.90 Å². The Kier molecular flexibility index (Phi) is 4.19.